The zero-order valence-electron chi connectivity index (χ0n) is 17.9. The van der Waals surface area contributed by atoms with Crippen molar-refractivity contribution >= 4 is 33.0 Å². The van der Waals surface area contributed by atoms with Crippen LogP contribution in [-0.4, -0.2) is 55.0 Å². The molecule has 4 aromatic rings. The van der Waals surface area contributed by atoms with E-state index in [-0.39, 0.29) is 24.7 Å². The first-order valence-corrected chi connectivity index (χ1v) is 12.8. The number of nitrogens with one attached hydrogen (secondary N) is 2. The number of fused-ring (bicyclic) bond motifs is 2. The van der Waals surface area contributed by atoms with Crippen LogP contribution in [0.3, 0.4) is 0 Å². The van der Waals surface area contributed by atoms with Gasteiger partial charge in [-0.2, -0.15) is 0 Å². The Morgan fingerprint density at radius 2 is 2.15 bits per heavy atom. The summed E-state index contributed by atoms with van der Waals surface area (Å²) in [6.45, 7) is 4.75. The minimum absolute atomic E-state index is 0.222. The Bertz CT molecular complexity index is 1470. The summed E-state index contributed by atoms with van der Waals surface area (Å²) in [5.74, 6) is 0.754. The van der Waals surface area contributed by atoms with Crippen LogP contribution in [0.15, 0.2) is 17.8 Å². The topological polar surface area (TPSA) is 149 Å². The fourth-order valence-corrected chi connectivity index (χ4v) is 5.36. The summed E-state index contributed by atoms with van der Waals surface area (Å²) >= 11 is 1.37. The average Bonchev–Trinajstić information content (AvgIpc) is 3.46. The molecule has 0 saturated heterocycles. The fraction of sp³-hybridized carbons (Fsp3) is 0.368. The van der Waals surface area contributed by atoms with Crippen molar-refractivity contribution in [3.05, 3.63) is 45.6 Å². The molecule has 33 heavy (non-hydrogen) atoms. The highest BCUT2D eigenvalue weighted by atomic mass is 32.2. The monoisotopic (exact) mass is 487 g/mol. The van der Waals surface area contributed by atoms with Crippen LogP contribution in [0.4, 0.5) is 0 Å². The van der Waals surface area contributed by atoms with Gasteiger partial charge in [-0.25, -0.2) is 37.8 Å². The molecule has 0 saturated carbocycles. The van der Waals surface area contributed by atoms with Gasteiger partial charge in [0.2, 0.25) is 21.6 Å². The number of hydrogen-bond donors (Lipinski definition) is 2. The van der Waals surface area contributed by atoms with E-state index in [1.807, 2.05) is 20.0 Å². The second-order valence-electron chi connectivity index (χ2n) is 7.60. The van der Waals surface area contributed by atoms with Gasteiger partial charge in [-0.15, -0.1) is 16.4 Å². The maximum absolute atomic E-state index is 13.0. The van der Waals surface area contributed by atoms with Crippen LogP contribution in [0.5, 0.6) is 0 Å². The Hall–Kier alpha value is -3.23. The molecule has 5 rings (SSSR count). The third-order valence-corrected chi connectivity index (χ3v) is 7.26. The molecule has 12 nitrogen and oxygen atoms in total. The molecule has 0 aliphatic carbocycles. The number of amides is 1. The van der Waals surface area contributed by atoms with Gasteiger partial charge in [-0.05, 0) is 18.9 Å². The maximum atomic E-state index is 13.0. The molecule has 0 spiro atoms. The fourth-order valence-electron chi connectivity index (χ4n) is 3.59. The molecule has 0 atom stereocenters. The van der Waals surface area contributed by atoms with Crippen LogP contribution in [0.1, 0.15) is 39.5 Å². The first kappa shape index (κ1) is 21.6. The Morgan fingerprint density at radius 1 is 1.30 bits per heavy atom. The van der Waals surface area contributed by atoms with E-state index in [0.29, 0.717) is 52.5 Å². The highest BCUT2D eigenvalue weighted by molar-refractivity contribution is 7.88. The zero-order valence-corrected chi connectivity index (χ0v) is 19.6. The first-order chi connectivity index (χ1) is 15.8. The summed E-state index contributed by atoms with van der Waals surface area (Å²) in [5.41, 5.74) is 2.61. The number of carbonyl (C=O) groups is 1. The number of rotatable bonds is 5. The highest BCUT2D eigenvalue weighted by Crippen LogP contribution is 2.21. The SMILES string of the molecule is CCc1nc2ncc(C)cn2c1C(=O)NCc1nc(-c2nc3n(n2)CCNS(=O)(=O)C3)cs1. The first-order valence-electron chi connectivity index (χ1n) is 10.3. The molecule has 0 bridgehead atoms. The lowest BCUT2D eigenvalue weighted by Crippen LogP contribution is -2.25. The molecule has 172 valence electrons. The van der Waals surface area contributed by atoms with Crippen molar-refractivity contribution in [2.75, 3.05) is 6.54 Å². The van der Waals surface area contributed by atoms with Crippen molar-refractivity contribution < 1.29 is 13.2 Å². The van der Waals surface area contributed by atoms with E-state index in [1.54, 1.807) is 20.7 Å². The standard InChI is InChI=1S/C19H21N9O3S2/c1-3-12-16(27-8-11(2)6-21-19(27)24-12)18(29)20-7-15-23-13(9-32-15)17-25-14-10-33(30,31)22-4-5-28(14)26-17/h6,8-9,22H,3-5,7,10H2,1-2H3,(H,20,29). The lowest BCUT2D eigenvalue weighted by Gasteiger charge is -2.05. The van der Waals surface area contributed by atoms with E-state index in [1.165, 1.54) is 11.3 Å². The highest BCUT2D eigenvalue weighted by Gasteiger charge is 2.23. The summed E-state index contributed by atoms with van der Waals surface area (Å²) in [4.78, 5) is 30.6. The maximum Gasteiger partial charge on any atom is 0.270 e. The molecule has 1 amide bonds. The van der Waals surface area contributed by atoms with Crippen LogP contribution in [-0.2, 0) is 35.3 Å². The van der Waals surface area contributed by atoms with E-state index in [4.69, 9.17) is 0 Å². The second kappa shape index (κ2) is 8.28. The molecule has 1 aliphatic heterocycles. The lowest BCUT2D eigenvalue weighted by molar-refractivity contribution is 0.0944. The van der Waals surface area contributed by atoms with Gasteiger partial charge in [0.25, 0.3) is 5.91 Å². The zero-order chi connectivity index (χ0) is 23.2. The number of nitrogens with zero attached hydrogens (tertiary/aromatic N) is 7. The third kappa shape index (κ3) is 4.24. The number of aryl methyl sites for hydroxylation is 2. The van der Waals surface area contributed by atoms with Crippen LogP contribution in [0.25, 0.3) is 17.3 Å². The molecule has 14 heteroatoms. The predicted octanol–water partition coefficient (Wildman–Crippen LogP) is 0.678. The van der Waals surface area contributed by atoms with Crippen molar-refractivity contribution in [1.29, 1.82) is 0 Å². The summed E-state index contributed by atoms with van der Waals surface area (Å²) < 4.78 is 29.6. The van der Waals surface area contributed by atoms with E-state index < -0.39 is 10.0 Å². The quantitative estimate of drug-likeness (QED) is 0.417. The van der Waals surface area contributed by atoms with Crippen LogP contribution < -0.4 is 10.0 Å². The molecule has 2 N–H and O–H groups in total. The number of sulfonamides is 1. The van der Waals surface area contributed by atoms with Crippen molar-refractivity contribution in [1.82, 2.24) is 44.2 Å². The molecule has 4 aromatic heterocycles. The van der Waals surface area contributed by atoms with Gasteiger partial charge in [0.1, 0.15) is 28.0 Å². The third-order valence-electron chi connectivity index (χ3n) is 5.13. The molecule has 0 aromatic carbocycles. The molecular weight excluding hydrogens is 466 g/mol. The summed E-state index contributed by atoms with van der Waals surface area (Å²) in [6, 6.07) is 0. The Balaban J connectivity index is 1.33. The largest absolute Gasteiger partial charge is 0.344 e. The van der Waals surface area contributed by atoms with Gasteiger partial charge in [0, 0.05) is 24.3 Å². The Kier molecular flexibility index (Phi) is 5.42. The molecule has 1 aliphatic rings. The van der Waals surface area contributed by atoms with Gasteiger partial charge in [0.15, 0.2) is 0 Å². The minimum Gasteiger partial charge on any atom is -0.344 e. The van der Waals surface area contributed by atoms with Crippen molar-refractivity contribution in [2.24, 2.45) is 0 Å². The van der Waals surface area contributed by atoms with Gasteiger partial charge >= 0.3 is 0 Å². The molecular formula is C19H21N9O3S2. The molecule has 0 unspecified atom stereocenters. The predicted molar refractivity (Wildman–Crippen MR) is 120 cm³/mol. The second-order valence-corrected chi connectivity index (χ2v) is 10.3. The smallest absolute Gasteiger partial charge is 0.270 e. The van der Waals surface area contributed by atoms with E-state index in [0.717, 1.165) is 5.56 Å². The van der Waals surface area contributed by atoms with Gasteiger partial charge < -0.3 is 5.32 Å². The Labute approximate surface area is 193 Å². The molecule has 5 heterocycles. The van der Waals surface area contributed by atoms with Gasteiger partial charge in [0.05, 0.1) is 18.8 Å². The van der Waals surface area contributed by atoms with Gasteiger partial charge in [-0.3, -0.25) is 9.20 Å². The lowest BCUT2D eigenvalue weighted by atomic mass is 10.2. The normalized spacial score (nSPS) is 15.3. The minimum atomic E-state index is -3.41. The number of aromatic nitrogens is 7. The Morgan fingerprint density at radius 3 is 2.97 bits per heavy atom. The van der Waals surface area contributed by atoms with E-state index >= 15 is 0 Å². The van der Waals surface area contributed by atoms with Crippen molar-refractivity contribution in [2.45, 2.75) is 39.1 Å². The molecule has 0 fully saturated rings. The van der Waals surface area contributed by atoms with Crippen LogP contribution >= 0.6 is 11.3 Å². The van der Waals surface area contributed by atoms with Crippen molar-refractivity contribution in [3.63, 3.8) is 0 Å². The average molecular weight is 488 g/mol. The number of imidazole rings is 1. The summed E-state index contributed by atoms with van der Waals surface area (Å²) in [5, 5.41) is 9.78. The summed E-state index contributed by atoms with van der Waals surface area (Å²) in [6.07, 6.45) is 4.17. The van der Waals surface area contributed by atoms with Gasteiger partial charge in [-0.1, -0.05) is 6.92 Å². The number of hydrogen-bond acceptors (Lipinski definition) is 9. The summed E-state index contributed by atoms with van der Waals surface area (Å²) in [7, 11) is -3.41. The molecule has 0 radical (unpaired) electrons. The number of carbonyl (C=O) groups excluding carboxylic acids is 1. The van der Waals surface area contributed by atoms with Crippen LogP contribution in [0.2, 0.25) is 0 Å². The van der Waals surface area contributed by atoms with Crippen molar-refractivity contribution in [3.8, 4) is 11.5 Å². The van der Waals surface area contributed by atoms with E-state index in [9.17, 15) is 13.2 Å². The van der Waals surface area contributed by atoms with E-state index in [2.05, 4.69) is 35.1 Å². The van der Waals surface area contributed by atoms with Crippen LogP contribution in [0, 0.1) is 6.92 Å². The number of thiazole rings is 1.